The second-order valence-electron chi connectivity index (χ2n) is 7.33. The summed E-state index contributed by atoms with van der Waals surface area (Å²) in [5.74, 6) is -0.195. The zero-order valence-corrected chi connectivity index (χ0v) is 20.4. The molecule has 9 N–H and O–H groups in total. The molecule has 0 amide bonds. The van der Waals surface area contributed by atoms with Gasteiger partial charge in [-0.25, -0.2) is 31.7 Å². The Bertz CT molecular complexity index is 1580. The van der Waals surface area contributed by atoms with Crippen LogP contribution in [-0.2, 0) is 26.6 Å². The van der Waals surface area contributed by atoms with E-state index in [1.807, 2.05) is 0 Å². The number of aliphatic hydroxyl groups is 1. The number of H-pyrrole nitrogens is 1. The summed E-state index contributed by atoms with van der Waals surface area (Å²) in [6.07, 6.45) is 0. The molecular weight excluding hydrogens is 518 g/mol. The summed E-state index contributed by atoms with van der Waals surface area (Å²) in [7, 11) is -9.16. The van der Waals surface area contributed by atoms with E-state index in [2.05, 4.69) is 30.3 Å². The molecule has 2 aromatic carbocycles. The van der Waals surface area contributed by atoms with Gasteiger partial charge in [-0.05, 0) is 34.5 Å². The molecule has 0 aliphatic heterocycles. The maximum absolute atomic E-state index is 13.1. The van der Waals surface area contributed by atoms with Crippen LogP contribution >= 0.6 is 11.3 Å². The van der Waals surface area contributed by atoms with Gasteiger partial charge in [0.15, 0.2) is 0 Å². The van der Waals surface area contributed by atoms with Crippen molar-refractivity contribution in [3.05, 3.63) is 35.3 Å². The first-order valence-corrected chi connectivity index (χ1v) is 13.8. The number of benzene rings is 2. The normalized spacial score (nSPS) is 13.4. The van der Waals surface area contributed by atoms with Gasteiger partial charge in [-0.1, -0.05) is 12.1 Å². The molecule has 0 unspecified atom stereocenters. The molecule has 0 fully saturated rings. The van der Waals surface area contributed by atoms with E-state index in [0.29, 0.717) is 16.1 Å². The van der Waals surface area contributed by atoms with Crippen molar-refractivity contribution in [1.82, 2.24) is 30.3 Å². The van der Waals surface area contributed by atoms with Crippen LogP contribution in [0.4, 0.5) is 0 Å². The van der Waals surface area contributed by atoms with Gasteiger partial charge < -0.3 is 16.6 Å². The molecule has 2 heterocycles. The fourth-order valence-corrected chi connectivity index (χ4v) is 7.13. The number of aromatic nitrogens is 5. The summed E-state index contributed by atoms with van der Waals surface area (Å²) in [6, 6.07) is 6.67. The van der Waals surface area contributed by atoms with E-state index < -0.39 is 42.5 Å². The lowest BCUT2D eigenvalue weighted by molar-refractivity contribution is 0.259. The van der Waals surface area contributed by atoms with Gasteiger partial charge in [0, 0.05) is 13.1 Å². The molecule has 0 aliphatic rings. The van der Waals surface area contributed by atoms with E-state index in [1.54, 1.807) is 18.2 Å². The molecule has 186 valence electrons. The van der Waals surface area contributed by atoms with Crippen LogP contribution in [0.3, 0.4) is 0 Å². The number of thiazole rings is 1. The number of sulfonamides is 2. The SMILES string of the molecule is NCc1nc2cc(-c3ccc(S(=O)(=O)N[C@@H](CN)CO)c(S(N)(=O)=O)c3-c3nn[nH]n3)ccc2s1. The van der Waals surface area contributed by atoms with Crippen molar-refractivity contribution in [3.8, 4) is 22.5 Å². The Morgan fingerprint density at radius 1 is 1.14 bits per heavy atom. The van der Waals surface area contributed by atoms with E-state index in [9.17, 15) is 21.9 Å². The molecule has 1 atom stereocenters. The summed E-state index contributed by atoms with van der Waals surface area (Å²) >= 11 is 1.42. The van der Waals surface area contributed by atoms with E-state index in [4.69, 9.17) is 16.6 Å². The van der Waals surface area contributed by atoms with Crippen molar-refractivity contribution < 1.29 is 21.9 Å². The van der Waals surface area contributed by atoms with Gasteiger partial charge in [-0.2, -0.15) is 5.21 Å². The number of rotatable bonds is 9. The van der Waals surface area contributed by atoms with Crippen molar-refractivity contribution in [2.24, 2.45) is 16.6 Å². The van der Waals surface area contributed by atoms with Gasteiger partial charge in [-0.15, -0.1) is 21.5 Å². The lowest BCUT2D eigenvalue weighted by Crippen LogP contribution is -2.43. The van der Waals surface area contributed by atoms with Crippen LogP contribution in [0, 0.1) is 0 Å². The van der Waals surface area contributed by atoms with E-state index in [1.165, 1.54) is 17.4 Å². The predicted molar refractivity (Wildman–Crippen MR) is 128 cm³/mol. The Morgan fingerprint density at radius 3 is 2.51 bits per heavy atom. The molecule has 0 radical (unpaired) electrons. The second kappa shape index (κ2) is 9.63. The minimum atomic E-state index is -4.66. The number of tetrazole rings is 1. The first kappa shape index (κ1) is 25.2. The first-order chi connectivity index (χ1) is 16.6. The average Bonchev–Trinajstić information content (AvgIpc) is 3.50. The maximum Gasteiger partial charge on any atom is 0.242 e. The van der Waals surface area contributed by atoms with Crippen LogP contribution in [0.5, 0.6) is 0 Å². The standard InChI is InChI=1S/C18H21N9O5S3/c19-6-10(8-28)25-35(31,32)14-4-2-11(9-1-3-13-12(5-9)22-15(7-20)33-13)16(17(14)34(21,29)30)18-23-26-27-24-18/h1-5,10,25,28H,6-8,19-20H2,(H2,21,29,30)(H,23,24,26,27)/t10-/m0/s1. The highest BCUT2D eigenvalue weighted by Gasteiger charge is 2.33. The van der Waals surface area contributed by atoms with Gasteiger partial charge in [0.05, 0.1) is 28.4 Å². The number of nitrogens with zero attached hydrogens (tertiary/aromatic N) is 4. The Balaban J connectivity index is 2.03. The molecule has 4 aromatic rings. The van der Waals surface area contributed by atoms with E-state index in [-0.39, 0.29) is 30.0 Å². The molecule has 0 saturated heterocycles. The lowest BCUT2D eigenvalue weighted by Gasteiger charge is -2.19. The van der Waals surface area contributed by atoms with Crippen LogP contribution < -0.4 is 21.3 Å². The van der Waals surface area contributed by atoms with Gasteiger partial charge in [0.1, 0.15) is 14.8 Å². The first-order valence-electron chi connectivity index (χ1n) is 9.95. The minimum Gasteiger partial charge on any atom is -0.395 e. The Labute approximate surface area is 203 Å². The van der Waals surface area contributed by atoms with E-state index in [0.717, 1.165) is 10.8 Å². The highest BCUT2D eigenvalue weighted by atomic mass is 32.2. The van der Waals surface area contributed by atoms with Crippen LogP contribution in [-0.4, -0.2) is 66.7 Å². The average molecular weight is 540 g/mol. The molecule has 17 heteroatoms. The molecular formula is C18H21N9O5S3. The summed E-state index contributed by atoms with van der Waals surface area (Å²) < 4.78 is 54.9. The van der Waals surface area contributed by atoms with Crippen molar-refractivity contribution >= 4 is 41.6 Å². The summed E-state index contributed by atoms with van der Waals surface area (Å²) in [5, 5.41) is 29.0. The molecule has 0 bridgehead atoms. The molecule has 2 aromatic heterocycles. The Morgan fingerprint density at radius 2 is 1.91 bits per heavy atom. The number of nitrogens with one attached hydrogen (secondary N) is 2. The molecule has 0 saturated carbocycles. The number of hydrogen-bond acceptors (Lipinski definition) is 12. The number of primary sulfonamides is 1. The minimum absolute atomic E-state index is 0.175. The molecule has 35 heavy (non-hydrogen) atoms. The highest BCUT2D eigenvalue weighted by molar-refractivity contribution is 7.92. The summed E-state index contributed by atoms with van der Waals surface area (Å²) in [6.45, 7) is -0.571. The quantitative estimate of drug-likeness (QED) is 0.148. The zero-order valence-electron chi connectivity index (χ0n) is 17.9. The third-order valence-electron chi connectivity index (χ3n) is 5.01. The highest BCUT2D eigenvalue weighted by Crippen LogP contribution is 2.39. The summed E-state index contributed by atoms with van der Waals surface area (Å²) in [5.41, 5.74) is 12.4. The van der Waals surface area contributed by atoms with Crippen LogP contribution in [0.25, 0.3) is 32.7 Å². The van der Waals surface area contributed by atoms with Crippen LogP contribution in [0.15, 0.2) is 40.1 Å². The van der Waals surface area contributed by atoms with Gasteiger partial charge in [0.2, 0.25) is 25.9 Å². The van der Waals surface area contributed by atoms with Gasteiger partial charge in [0.25, 0.3) is 0 Å². The summed E-state index contributed by atoms with van der Waals surface area (Å²) in [4.78, 5) is 3.05. The topological polar surface area (TPSA) is 246 Å². The maximum atomic E-state index is 13.1. The number of hydrogen-bond donors (Lipinski definition) is 6. The number of nitrogens with two attached hydrogens (primary N) is 3. The number of fused-ring (bicyclic) bond motifs is 1. The third kappa shape index (κ3) is 4.93. The fourth-order valence-electron chi connectivity index (χ4n) is 3.46. The second-order valence-corrected chi connectivity index (χ2v) is 11.6. The molecule has 0 aliphatic carbocycles. The smallest absolute Gasteiger partial charge is 0.242 e. The Kier molecular flexibility index (Phi) is 6.93. The van der Waals surface area contributed by atoms with E-state index >= 15 is 0 Å². The van der Waals surface area contributed by atoms with Crippen molar-refractivity contribution in [2.75, 3.05) is 13.2 Å². The third-order valence-corrected chi connectivity index (χ3v) is 8.75. The Hall–Kier alpha value is -2.90. The van der Waals surface area contributed by atoms with Crippen LogP contribution in [0.1, 0.15) is 5.01 Å². The van der Waals surface area contributed by atoms with Gasteiger partial charge >= 0.3 is 0 Å². The molecule has 0 spiro atoms. The number of aromatic amines is 1. The molecule has 14 nitrogen and oxygen atoms in total. The van der Waals surface area contributed by atoms with Crippen molar-refractivity contribution in [3.63, 3.8) is 0 Å². The molecule has 4 rings (SSSR count). The fraction of sp³-hybridized carbons (Fsp3) is 0.222. The monoisotopic (exact) mass is 539 g/mol. The largest absolute Gasteiger partial charge is 0.395 e. The van der Waals surface area contributed by atoms with Crippen molar-refractivity contribution in [2.45, 2.75) is 22.4 Å². The zero-order chi connectivity index (χ0) is 25.4. The number of aliphatic hydroxyl groups excluding tert-OH is 1. The van der Waals surface area contributed by atoms with Gasteiger partial charge in [-0.3, -0.25) is 0 Å². The lowest BCUT2D eigenvalue weighted by atomic mass is 9.99. The van der Waals surface area contributed by atoms with Crippen molar-refractivity contribution in [1.29, 1.82) is 0 Å². The predicted octanol–water partition coefficient (Wildman–Crippen LogP) is -1.15. The van der Waals surface area contributed by atoms with Crippen LogP contribution in [0.2, 0.25) is 0 Å².